The molecule has 0 saturated heterocycles. The Morgan fingerprint density at radius 3 is 2.54 bits per heavy atom. The van der Waals surface area contributed by atoms with Crippen molar-refractivity contribution in [2.24, 2.45) is 0 Å². The topological polar surface area (TPSA) is 62.1 Å². The van der Waals surface area contributed by atoms with Crippen LogP contribution in [0.3, 0.4) is 0 Å². The molecular weight excluding hydrogens is 350 g/mol. The van der Waals surface area contributed by atoms with E-state index in [4.69, 9.17) is 9.40 Å². The number of hydrogen-bond donors (Lipinski definition) is 1. The van der Waals surface area contributed by atoms with E-state index < -0.39 is 0 Å². The number of aromatic nitrogens is 2. The number of nitrogens with one attached hydrogen (secondary N) is 1. The fraction of sp³-hybridized carbons (Fsp3) is 0.130. The van der Waals surface area contributed by atoms with Crippen molar-refractivity contribution in [3.05, 3.63) is 101 Å². The minimum Gasteiger partial charge on any atom is -0.468 e. The maximum absolute atomic E-state index is 12.3. The number of furan rings is 1. The molecule has 0 fully saturated rings. The van der Waals surface area contributed by atoms with Gasteiger partial charge < -0.3 is 9.40 Å². The first-order valence-corrected chi connectivity index (χ1v) is 9.15. The molecule has 0 aliphatic rings. The molecule has 5 nitrogen and oxygen atoms in total. The molecule has 140 valence electrons. The smallest absolute Gasteiger partial charge is 0.251 e. The number of rotatable bonds is 6. The second-order valence-corrected chi connectivity index (χ2v) is 6.75. The van der Waals surface area contributed by atoms with Gasteiger partial charge in [-0.2, -0.15) is 0 Å². The molecule has 0 aliphatic heterocycles. The van der Waals surface area contributed by atoms with Crippen molar-refractivity contribution in [3.8, 4) is 22.6 Å². The van der Waals surface area contributed by atoms with Gasteiger partial charge in [-0.3, -0.25) is 9.69 Å². The first-order valence-electron chi connectivity index (χ1n) is 9.15. The van der Waals surface area contributed by atoms with E-state index in [1.54, 1.807) is 6.26 Å². The summed E-state index contributed by atoms with van der Waals surface area (Å²) in [5.74, 6) is 1.49. The fourth-order valence-electron chi connectivity index (χ4n) is 3.25. The van der Waals surface area contributed by atoms with Crippen LogP contribution in [0.4, 0.5) is 0 Å². The highest BCUT2D eigenvalue weighted by atomic mass is 16.3. The Balaban J connectivity index is 1.66. The van der Waals surface area contributed by atoms with Gasteiger partial charge in [-0.1, -0.05) is 54.6 Å². The summed E-state index contributed by atoms with van der Waals surface area (Å²) < 4.78 is 5.44. The van der Waals surface area contributed by atoms with E-state index in [-0.39, 0.29) is 5.56 Å². The van der Waals surface area contributed by atoms with Gasteiger partial charge in [0.25, 0.3) is 5.56 Å². The lowest BCUT2D eigenvalue weighted by Crippen LogP contribution is -2.18. The molecule has 0 saturated carbocycles. The third-order valence-corrected chi connectivity index (χ3v) is 4.53. The zero-order chi connectivity index (χ0) is 19.3. The Morgan fingerprint density at radius 2 is 1.75 bits per heavy atom. The standard InChI is InChI=1S/C23H21N3O2/c1-26(16-19-11-7-13-28-19)15-18-10-5-6-12-20(18)23-24-21(14-22(27)25-23)17-8-3-2-4-9-17/h2-14H,15-16H2,1H3,(H,24,25,27). The van der Waals surface area contributed by atoms with Crippen molar-refractivity contribution >= 4 is 0 Å². The summed E-state index contributed by atoms with van der Waals surface area (Å²) in [6.07, 6.45) is 1.68. The van der Waals surface area contributed by atoms with Crippen molar-refractivity contribution in [1.82, 2.24) is 14.9 Å². The summed E-state index contributed by atoms with van der Waals surface area (Å²) in [6, 6.07) is 23.1. The molecule has 1 N–H and O–H groups in total. The number of hydrogen-bond acceptors (Lipinski definition) is 4. The van der Waals surface area contributed by atoms with Gasteiger partial charge in [0.1, 0.15) is 11.6 Å². The maximum Gasteiger partial charge on any atom is 0.251 e. The molecule has 0 spiro atoms. The first kappa shape index (κ1) is 17.9. The number of benzene rings is 2. The fourth-order valence-corrected chi connectivity index (χ4v) is 3.25. The zero-order valence-corrected chi connectivity index (χ0v) is 15.6. The summed E-state index contributed by atoms with van der Waals surface area (Å²) in [4.78, 5) is 22.1. The minimum atomic E-state index is -0.164. The van der Waals surface area contributed by atoms with E-state index in [2.05, 4.69) is 16.0 Å². The summed E-state index contributed by atoms with van der Waals surface area (Å²) in [5.41, 5.74) is 3.43. The second-order valence-electron chi connectivity index (χ2n) is 6.75. The van der Waals surface area contributed by atoms with Crippen molar-refractivity contribution in [1.29, 1.82) is 0 Å². The highest BCUT2D eigenvalue weighted by Crippen LogP contribution is 2.23. The molecule has 4 aromatic rings. The van der Waals surface area contributed by atoms with Crippen molar-refractivity contribution in [2.75, 3.05) is 7.05 Å². The van der Waals surface area contributed by atoms with Crippen LogP contribution >= 0.6 is 0 Å². The molecule has 0 radical (unpaired) electrons. The Bertz CT molecular complexity index is 1100. The third-order valence-electron chi connectivity index (χ3n) is 4.53. The molecule has 2 aromatic carbocycles. The molecule has 0 atom stereocenters. The summed E-state index contributed by atoms with van der Waals surface area (Å²) in [6.45, 7) is 1.41. The lowest BCUT2D eigenvalue weighted by Gasteiger charge is -2.17. The second kappa shape index (κ2) is 8.06. The minimum absolute atomic E-state index is 0.164. The Labute approximate surface area is 163 Å². The highest BCUT2D eigenvalue weighted by Gasteiger charge is 2.12. The van der Waals surface area contributed by atoms with Gasteiger partial charge in [0, 0.05) is 23.7 Å². The molecule has 0 bridgehead atoms. The van der Waals surface area contributed by atoms with Gasteiger partial charge in [0.2, 0.25) is 0 Å². The van der Waals surface area contributed by atoms with E-state index in [9.17, 15) is 4.79 Å². The van der Waals surface area contributed by atoms with Crippen molar-refractivity contribution < 1.29 is 4.42 Å². The van der Waals surface area contributed by atoms with Crippen LogP contribution in [0.25, 0.3) is 22.6 Å². The molecule has 2 aromatic heterocycles. The van der Waals surface area contributed by atoms with E-state index >= 15 is 0 Å². The van der Waals surface area contributed by atoms with E-state index in [0.29, 0.717) is 24.6 Å². The van der Waals surface area contributed by atoms with Gasteiger partial charge in [-0.25, -0.2) is 4.98 Å². The third kappa shape index (κ3) is 4.10. The molecular formula is C23H21N3O2. The lowest BCUT2D eigenvalue weighted by atomic mass is 10.1. The predicted octanol–water partition coefficient (Wildman–Crippen LogP) is 4.33. The highest BCUT2D eigenvalue weighted by molar-refractivity contribution is 5.65. The Kier molecular flexibility index (Phi) is 5.17. The van der Waals surface area contributed by atoms with Gasteiger partial charge in [0.05, 0.1) is 18.5 Å². The monoisotopic (exact) mass is 371 g/mol. The SMILES string of the molecule is CN(Cc1ccco1)Cc1ccccc1-c1nc(-c2ccccc2)cc(=O)[nH]1. The average Bonchev–Trinajstić information content (AvgIpc) is 3.21. The number of nitrogens with zero attached hydrogens (tertiary/aromatic N) is 2. The summed E-state index contributed by atoms with van der Waals surface area (Å²) >= 11 is 0. The van der Waals surface area contributed by atoms with E-state index in [0.717, 1.165) is 22.5 Å². The van der Waals surface area contributed by atoms with Crippen LogP contribution in [0, 0.1) is 0 Å². The molecule has 5 heteroatoms. The summed E-state index contributed by atoms with van der Waals surface area (Å²) in [5, 5.41) is 0. The lowest BCUT2D eigenvalue weighted by molar-refractivity contribution is 0.288. The normalized spacial score (nSPS) is 11.1. The van der Waals surface area contributed by atoms with Crippen LogP contribution in [0.15, 0.2) is 88.3 Å². The molecule has 0 amide bonds. The molecule has 4 rings (SSSR count). The van der Waals surface area contributed by atoms with Crippen LogP contribution in [0.1, 0.15) is 11.3 Å². The van der Waals surface area contributed by atoms with Crippen LogP contribution in [0.5, 0.6) is 0 Å². The zero-order valence-electron chi connectivity index (χ0n) is 15.6. The van der Waals surface area contributed by atoms with Crippen LogP contribution in [0.2, 0.25) is 0 Å². The van der Waals surface area contributed by atoms with Crippen molar-refractivity contribution in [3.63, 3.8) is 0 Å². The average molecular weight is 371 g/mol. The Morgan fingerprint density at radius 1 is 0.964 bits per heavy atom. The van der Waals surface area contributed by atoms with Gasteiger partial charge in [0.15, 0.2) is 0 Å². The van der Waals surface area contributed by atoms with Crippen LogP contribution in [-0.4, -0.2) is 21.9 Å². The first-order chi connectivity index (χ1) is 13.7. The maximum atomic E-state index is 12.3. The number of H-pyrrole nitrogens is 1. The van der Waals surface area contributed by atoms with Crippen molar-refractivity contribution in [2.45, 2.75) is 13.1 Å². The van der Waals surface area contributed by atoms with E-state index in [1.807, 2.05) is 67.7 Å². The quantitative estimate of drug-likeness (QED) is 0.548. The molecule has 0 unspecified atom stereocenters. The van der Waals surface area contributed by atoms with E-state index in [1.165, 1.54) is 6.07 Å². The molecule has 0 aliphatic carbocycles. The van der Waals surface area contributed by atoms with Crippen LogP contribution in [-0.2, 0) is 13.1 Å². The van der Waals surface area contributed by atoms with Crippen LogP contribution < -0.4 is 5.56 Å². The predicted molar refractivity (Wildman–Crippen MR) is 110 cm³/mol. The summed E-state index contributed by atoms with van der Waals surface area (Å²) in [7, 11) is 2.04. The molecule has 28 heavy (non-hydrogen) atoms. The Hall–Kier alpha value is -3.44. The van der Waals surface area contributed by atoms with Gasteiger partial charge >= 0.3 is 0 Å². The van der Waals surface area contributed by atoms with Gasteiger partial charge in [-0.05, 0) is 24.7 Å². The number of aromatic amines is 1. The molecule has 2 heterocycles. The largest absolute Gasteiger partial charge is 0.468 e. The van der Waals surface area contributed by atoms with Gasteiger partial charge in [-0.15, -0.1) is 0 Å².